The second-order valence-corrected chi connectivity index (χ2v) is 8.64. The predicted octanol–water partition coefficient (Wildman–Crippen LogP) is 6.71. The van der Waals surface area contributed by atoms with Gasteiger partial charge < -0.3 is 14.5 Å². The number of hydrogen-bond donors (Lipinski definition) is 1. The summed E-state index contributed by atoms with van der Waals surface area (Å²) in [5, 5.41) is 18.3. The highest BCUT2D eigenvalue weighted by molar-refractivity contribution is 7.11. The summed E-state index contributed by atoms with van der Waals surface area (Å²) in [5.41, 5.74) is 1.73. The van der Waals surface area contributed by atoms with Crippen LogP contribution in [0, 0.1) is 11.3 Å². The summed E-state index contributed by atoms with van der Waals surface area (Å²) < 4.78 is 10.9. The first-order chi connectivity index (χ1) is 16.6. The molecular formula is C26H16ClN3O3S. The van der Waals surface area contributed by atoms with E-state index >= 15 is 0 Å². The molecule has 0 radical (unpaired) electrons. The van der Waals surface area contributed by atoms with Gasteiger partial charge in [-0.3, -0.25) is 0 Å². The van der Waals surface area contributed by atoms with Crippen LogP contribution in [0.3, 0.4) is 0 Å². The Morgan fingerprint density at radius 2 is 2.03 bits per heavy atom. The van der Waals surface area contributed by atoms with E-state index in [9.17, 15) is 10.1 Å². The van der Waals surface area contributed by atoms with Crippen LogP contribution in [0.4, 0.5) is 5.69 Å². The molecule has 0 unspecified atom stereocenters. The summed E-state index contributed by atoms with van der Waals surface area (Å²) in [4.78, 5) is 17.3. The molecule has 0 spiro atoms. The van der Waals surface area contributed by atoms with Crippen LogP contribution in [0.15, 0.2) is 81.5 Å². The Bertz CT molecular complexity index is 1680. The van der Waals surface area contributed by atoms with Crippen molar-refractivity contribution in [2.75, 3.05) is 12.4 Å². The molecule has 166 valence electrons. The minimum atomic E-state index is -0.482. The van der Waals surface area contributed by atoms with E-state index in [4.69, 9.17) is 20.8 Å². The number of nitrogens with zero attached hydrogens (tertiary/aromatic N) is 2. The quantitative estimate of drug-likeness (QED) is 0.169. The maximum atomic E-state index is 12.7. The lowest BCUT2D eigenvalue weighted by molar-refractivity contribution is 0.417. The molecule has 0 aliphatic heterocycles. The minimum Gasteiger partial charge on any atom is -0.495 e. The van der Waals surface area contributed by atoms with Gasteiger partial charge in [0, 0.05) is 22.0 Å². The fourth-order valence-electron chi connectivity index (χ4n) is 3.66. The van der Waals surface area contributed by atoms with Crippen molar-refractivity contribution in [2.24, 2.45) is 0 Å². The number of nitriles is 1. The van der Waals surface area contributed by atoms with Crippen LogP contribution in [0.5, 0.6) is 5.75 Å². The predicted molar refractivity (Wildman–Crippen MR) is 136 cm³/mol. The average Bonchev–Trinajstić information content (AvgIpc) is 3.34. The molecule has 5 rings (SSSR count). The van der Waals surface area contributed by atoms with Crippen LogP contribution in [-0.4, -0.2) is 12.1 Å². The van der Waals surface area contributed by atoms with E-state index in [1.165, 1.54) is 17.5 Å². The number of halogens is 1. The second kappa shape index (κ2) is 9.02. The third-order valence-electron chi connectivity index (χ3n) is 5.31. The van der Waals surface area contributed by atoms with Crippen molar-refractivity contribution in [3.8, 4) is 23.1 Å². The first kappa shape index (κ1) is 21.7. The number of rotatable bonds is 5. The third-order valence-corrected chi connectivity index (χ3v) is 6.42. The Hall–Kier alpha value is -4.12. The van der Waals surface area contributed by atoms with Crippen molar-refractivity contribution < 1.29 is 9.15 Å². The molecule has 0 saturated heterocycles. The summed E-state index contributed by atoms with van der Waals surface area (Å²) in [6.07, 6.45) is 1.53. The molecule has 8 heteroatoms. The molecule has 0 aliphatic carbocycles. The Kier molecular flexibility index (Phi) is 5.76. The molecule has 5 aromatic rings. The molecular weight excluding hydrogens is 470 g/mol. The van der Waals surface area contributed by atoms with Gasteiger partial charge in [-0.15, -0.1) is 11.3 Å². The van der Waals surface area contributed by atoms with Gasteiger partial charge in [0.05, 0.1) is 24.1 Å². The van der Waals surface area contributed by atoms with E-state index in [0.717, 1.165) is 16.2 Å². The van der Waals surface area contributed by atoms with E-state index in [2.05, 4.69) is 16.4 Å². The van der Waals surface area contributed by atoms with Crippen molar-refractivity contribution >= 4 is 55.9 Å². The summed E-state index contributed by atoms with van der Waals surface area (Å²) in [6, 6.07) is 20.7. The van der Waals surface area contributed by atoms with Crippen LogP contribution >= 0.6 is 22.9 Å². The molecule has 34 heavy (non-hydrogen) atoms. The molecule has 6 nitrogen and oxygen atoms in total. The number of methoxy groups -OCH3 is 1. The number of benzene rings is 3. The van der Waals surface area contributed by atoms with Crippen molar-refractivity contribution in [2.45, 2.75) is 0 Å². The largest absolute Gasteiger partial charge is 0.495 e. The van der Waals surface area contributed by atoms with Gasteiger partial charge in [0.2, 0.25) is 0 Å². The molecule has 0 fully saturated rings. The number of anilines is 1. The zero-order chi connectivity index (χ0) is 23.7. The van der Waals surface area contributed by atoms with Gasteiger partial charge in [0.15, 0.2) is 0 Å². The highest BCUT2D eigenvalue weighted by Crippen LogP contribution is 2.31. The van der Waals surface area contributed by atoms with Crippen molar-refractivity contribution in [1.29, 1.82) is 5.26 Å². The molecule has 3 aromatic carbocycles. The Balaban J connectivity index is 1.53. The summed E-state index contributed by atoms with van der Waals surface area (Å²) in [7, 11) is 1.55. The van der Waals surface area contributed by atoms with Gasteiger partial charge >= 0.3 is 5.63 Å². The van der Waals surface area contributed by atoms with Crippen LogP contribution in [-0.2, 0) is 0 Å². The number of allylic oxidation sites excluding steroid dienone is 1. The van der Waals surface area contributed by atoms with Gasteiger partial charge in [-0.1, -0.05) is 41.9 Å². The highest BCUT2D eigenvalue weighted by Gasteiger charge is 2.15. The molecule has 1 N–H and O–H groups in total. The maximum Gasteiger partial charge on any atom is 0.345 e. The SMILES string of the molecule is COc1ccc(Cl)cc1N/C=C(/C#N)c1nc(-c2cc3c(ccc4ccccc43)oc2=O)cs1. The van der Waals surface area contributed by atoms with Gasteiger partial charge in [-0.2, -0.15) is 5.26 Å². The van der Waals surface area contributed by atoms with Crippen LogP contribution < -0.4 is 15.7 Å². The lowest BCUT2D eigenvalue weighted by Gasteiger charge is -2.08. The number of nitrogens with one attached hydrogen (secondary N) is 1. The molecule has 2 aromatic heterocycles. The topological polar surface area (TPSA) is 88.2 Å². The Morgan fingerprint density at radius 1 is 1.18 bits per heavy atom. The number of ether oxygens (including phenoxy) is 1. The second-order valence-electron chi connectivity index (χ2n) is 7.34. The van der Waals surface area contributed by atoms with E-state index in [0.29, 0.717) is 43.9 Å². The van der Waals surface area contributed by atoms with Crippen molar-refractivity contribution in [3.63, 3.8) is 0 Å². The fourth-order valence-corrected chi connectivity index (χ4v) is 4.61. The number of fused-ring (bicyclic) bond motifs is 3. The molecule has 0 amide bonds. The van der Waals surface area contributed by atoms with Crippen LogP contribution in [0.1, 0.15) is 5.01 Å². The smallest absolute Gasteiger partial charge is 0.345 e. The minimum absolute atomic E-state index is 0.300. The molecule has 0 bridgehead atoms. The number of thiazole rings is 1. The van der Waals surface area contributed by atoms with Gasteiger partial charge in [0.25, 0.3) is 0 Å². The standard InChI is InChI=1S/C26H16ClN3O3S/c1-32-24-9-7-17(27)10-21(24)29-13-16(12-28)25-30-22(14-34-25)20-11-19-18-5-3-2-4-15(18)6-8-23(19)33-26(20)31/h2-11,13-14,29H,1H3/b16-13-. The van der Waals surface area contributed by atoms with Crippen molar-refractivity contribution in [3.05, 3.63) is 92.7 Å². The monoisotopic (exact) mass is 485 g/mol. The fraction of sp³-hybridized carbons (Fsp3) is 0.0385. The zero-order valence-electron chi connectivity index (χ0n) is 17.8. The zero-order valence-corrected chi connectivity index (χ0v) is 19.4. The Labute approximate surface area is 203 Å². The first-order valence-electron chi connectivity index (χ1n) is 10.2. The van der Waals surface area contributed by atoms with Crippen LogP contribution in [0.25, 0.3) is 38.6 Å². The molecule has 2 heterocycles. The lowest BCUT2D eigenvalue weighted by Crippen LogP contribution is -2.03. The van der Waals surface area contributed by atoms with E-state index in [1.54, 1.807) is 42.8 Å². The summed E-state index contributed by atoms with van der Waals surface area (Å²) in [5.74, 6) is 0.582. The number of hydrogen-bond acceptors (Lipinski definition) is 7. The summed E-state index contributed by atoms with van der Waals surface area (Å²) in [6.45, 7) is 0. The molecule has 0 atom stereocenters. The van der Waals surface area contributed by atoms with Gasteiger partial charge in [-0.25, -0.2) is 9.78 Å². The Morgan fingerprint density at radius 3 is 2.85 bits per heavy atom. The molecule has 0 saturated carbocycles. The lowest BCUT2D eigenvalue weighted by atomic mass is 10.0. The summed E-state index contributed by atoms with van der Waals surface area (Å²) >= 11 is 7.34. The average molecular weight is 486 g/mol. The first-order valence-corrected chi connectivity index (χ1v) is 11.5. The highest BCUT2D eigenvalue weighted by atomic mass is 35.5. The van der Waals surface area contributed by atoms with Crippen LogP contribution in [0.2, 0.25) is 5.02 Å². The van der Waals surface area contributed by atoms with E-state index in [1.807, 2.05) is 30.3 Å². The van der Waals surface area contributed by atoms with Crippen molar-refractivity contribution in [1.82, 2.24) is 4.98 Å². The number of aromatic nitrogens is 1. The third kappa shape index (κ3) is 4.01. The van der Waals surface area contributed by atoms with E-state index < -0.39 is 5.63 Å². The van der Waals surface area contributed by atoms with Gasteiger partial charge in [0.1, 0.15) is 28.0 Å². The normalized spacial score (nSPS) is 11.5. The van der Waals surface area contributed by atoms with E-state index in [-0.39, 0.29) is 0 Å². The maximum absolute atomic E-state index is 12.7. The molecule has 0 aliphatic rings. The van der Waals surface area contributed by atoms with Gasteiger partial charge in [-0.05, 0) is 41.1 Å².